The minimum atomic E-state index is -4.30. The zero-order chi connectivity index (χ0) is 24.0. The second-order valence-electron chi connectivity index (χ2n) is 8.10. The van der Waals surface area contributed by atoms with Crippen molar-refractivity contribution >= 4 is 23.2 Å². The van der Waals surface area contributed by atoms with Gasteiger partial charge in [0.05, 0.1) is 29.7 Å². The highest BCUT2D eigenvalue weighted by molar-refractivity contribution is 5.90. The fourth-order valence-electron chi connectivity index (χ4n) is 3.97. The number of nitrogens with two attached hydrogens (primary N) is 1. The number of carbonyl (C=O) groups is 1. The van der Waals surface area contributed by atoms with Crippen LogP contribution in [-0.4, -0.2) is 59.6 Å². The summed E-state index contributed by atoms with van der Waals surface area (Å²) in [7, 11) is 0. The first-order valence-electron chi connectivity index (χ1n) is 10.4. The number of urea groups is 1. The average molecular weight is 471 g/mol. The summed E-state index contributed by atoms with van der Waals surface area (Å²) < 4.78 is 42.0. The summed E-state index contributed by atoms with van der Waals surface area (Å²) >= 11 is 0. The van der Waals surface area contributed by atoms with Gasteiger partial charge in [-0.15, -0.1) is 0 Å². The topological polar surface area (TPSA) is 119 Å². The predicted molar refractivity (Wildman–Crippen MR) is 117 cm³/mol. The van der Waals surface area contributed by atoms with E-state index in [1.54, 1.807) is 46.0 Å². The van der Waals surface area contributed by atoms with E-state index < -0.39 is 18.1 Å². The van der Waals surface area contributed by atoms with E-state index in [4.69, 9.17) is 5.73 Å². The van der Waals surface area contributed by atoms with Crippen LogP contribution >= 0.6 is 0 Å². The van der Waals surface area contributed by atoms with Crippen LogP contribution in [0.2, 0.25) is 0 Å². The van der Waals surface area contributed by atoms with Gasteiger partial charge < -0.3 is 16.0 Å². The zero-order valence-electron chi connectivity index (χ0n) is 18.0. The number of carbonyl (C=O) groups excluding carboxylic acids is 1. The van der Waals surface area contributed by atoms with E-state index in [0.717, 1.165) is 11.1 Å². The molecule has 2 amide bonds. The highest BCUT2D eigenvalue weighted by Crippen LogP contribution is 2.33. The molecular formula is C21H20F3N9O. The van der Waals surface area contributed by atoms with Gasteiger partial charge in [-0.2, -0.15) is 23.4 Å². The van der Waals surface area contributed by atoms with Crippen molar-refractivity contribution in [2.45, 2.75) is 19.5 Å². The summed E-state index contributed by atoms with van der Waals surface area (Å²) in [5.41, 5.74) is 9.71. The van der Waals surface area contributed by atoms with Crippen molar-refractivity contribution in [2.75, 3.05) is 24.1 Å². The lowest BCUT2D eigenvalue weighted by atomic mass is 10.1. The molecule has 5 rings (SSSR count). The summed E-state index contributed by atoms with van der Waals surface area (Å²) in [6, 6.07) is 4.65. The second kappa shape index (κ2) is 8.01. The number of nitrogens with zero attached hydrogens (tertiary/aromatic N) is 7. The van der Waals surface area contributed by atoms with E-state index in [1.807, 2.05) is 6.92 Å². The van der Waals surface area contributed by atoms with Crippen molar-refractivity contribution in [3.8, 4) is 16.9 Å². The van der Waals surface area contributed by atoms with Gasteiger partial charge in [0.1, 0.15) is 6.33 Å². The van der Waals surface area contributed by atoms with E-state index in [2.05, 4.69) is 25.5 Å². The molecule has 0 bridgehead atoms. The first-order valence-corrected chi connectivity index (χ1v) is 10.4. The maximum absolute atomic E-state index is 12.9. The van der Waals surface area contributed by atoms with Crippen molar-refractivity contribution in [1.82, 2.24) is 34.3 Å². The number of alkyl halides is 3. The number of benzene rings is 1. The number of nitrogens with one attached hydrogen (secondary N) is 1. The van der Waals surface area contributed by atoms with Crippen molar-refractivity contribution in [2.24, 2.45) is 5.92 Å². The number of hydrogen-bond acceptors (Lipinski definition) is 6. The summed E-state index contributed by atoms with van der Waals surface area (Å²) in [4.78, 5) is 21.9. The molecule has 0 aliphatic carbocycles. The Morgan fingerprint density at radius 1 is 1.21 bits per heavy atom. The van der Waals surface area contributed by atoms with Crippen molar-refractivity contribution in [1.29, 1.82) is 0 Å². The highest BCUT2D eigenvalue weighted by atomic mass is 19.4. The van der Waals surface area contributed by atoms with E-state index in [0.29, 0.717) is 22.7 Å². The predicted octanol–water partition coefficient (Wildman–Crippen LogP) is 3.28. The molecule has 1 fully saturated rings. The number of halogens is 3. The quantitative estimate of drug-likeness (QED) is 0.473. The van der Waals surface area contributed by atoms with Gasteiger partial charge >= 0.3 is 12.2 Å². The third kappa shape index (κ3) is 3.89. The molecular weight excluding hydrogens is 451 g/mol. The van der Waals surface area contributed by atoms with Crippen LogP contribution in [0.1, 0.15) is 12.0 Å². The molecule has 0 radical (unpaired) electrons. The Kier molecular flexibility index (Phi) is 5.10. The summed E-state index contributed by atoms with van der Waals surface area (Å²) in [5, 5.41) is 11.3. The fraction of sp³-hybridized carbons (Fsp3) is 0.286. The Morgan fingerprint density at radius 2 is 2.03 bits per heavy atom. The molecule has 1 atom stereocenters. The number of rotatable bonds is 3. The lowest BCUT2D eigenvalue weighted by Gasteiger charge is -2.19. The highest BCUT2D eigenvalue weighted by Gasteiger charge is 2.44. The normalized spacial score (nSPS) is 16.4. The molecule has 3 N–H and O–H groups in total. The van der Waals surface area contributed by atoms with Crippen LogP contribution in [-0.2, 0) is 0 Å². The van der Waals surface area contributed by atoms with E-state index in [1.165, 1.54) is 11.2 Å². The maximum atomic E-state index is 12.9. The molecule has 176 valence electrons. The average Bonchev–Trinajstić information content (AvgIpc) is 3.54. The van der Waals surface area contributed by atoms with Crippen molar-refractivity contribution in [3.05, 3.63) is 48.7 Å². The summed E-state index contributed by atoms with van der Waals surface area (Å²) in [6.45, 7) is 1.60. The number of aromatic nitrogens is 6. The molecule has 0 spiro atoms. The number of nitrogen functional groups attached to an aromatic ring is 1. The Balaban J connectivity index is 1.37. The van der Waals surface area contributed by atoms with E-state index in [-0.39, 0.29) is 25.3 Å². The molecule has 13 heteroatoms. The first-order chi connectivity index (χ1) is 16.2. The van der Waals surface area contributed by atoms with Gasteiger partial charge in [0.25, 0.3) is 0 Å². The molecule has 10 nitrogen and oxygen atoms in total. The van der Waals surface area contributed by atoms with Gasteiger partial charge in [0, 0.05) is 30.5 Å². The summed E-state index contributed by atoms with van der Waals surface area (Å²) in [6.07, 6.45) is 1.99. The molecule has 1 aromatic carbocycles. The monoisotopic (exact) mass is 471 g/mol. The number of anilines is 2. The third-order valence-electron chi connectivity index (χ3n) is 5.85. The van der Waals surface area contributed by atoms with Crippen LogP contribution < -0.4 is 11.1 Å². The number of hydrogen-bond donors (Lipinski definition) is 2. The standard InChI is InChI=1S/C21H20F3N9O/c1-12-2-3-15(30-20(34)31-5-4-14(10-31)21(22,23)24)6-16(12)32-9-13(7-28-32)17-8-26-19-18(25)27-11-29-33(17)19/h2-3,6-9,11,14H,4-5,10H2,1H3,(H,30,34)(H2,25,27,29). The lowest BCUT2D eigenvalue weighted by Crippen LogP contribution is -2.35. The molecule has 1 unspecified atom stereocenters. The van der Waals surface area contributed by atoms with Gasteiger partial charge in [0.15, 0.2) is 11.5 Å². The Hall–Kier alpha value is -4.16. The minimum Gasteiger partial charge on any atom is -0.381 e. The number of amides is 2. The number of likely N-dealkylation sites (tertiary alicyclic amines) is 1. The molecule has 4 aromatic rings. The van der Waals surface area contributed by atoms with Crippen LogP contribution in [0.4, 0.5) is 29.5 Å². The first kappa shape index (κ1) is 21.7. The van der Waals surface area contributed by atoms with Crippen LogP contribution in [0.25, 0.3) is 22.6 Å². The minimum absolute atomic E-state index is 0.0601. The van der Waals surface area contributed by atoms with Crippen LogP contribution in [0.15, 0.2) is 43.1 Å². The van der Waals surface area contributed by atoms with Crippen molar-refractivity contribution in [3.63, 3.8) is 0 Å². The van der Waals surface area contributed by atoms with Gasteiger partial charge in [-0.1, -0.05) is 6.07 Å². The summed E-state index contributed by atoms with van der Waals surface area (Å²) in [5.74, 6) is -1.23. The smallest absolute Gasteiger partial charge is 0.381 e. The molecule has 1 aliphatic rings. The Morgan fingerprint density at radius 3 is 2.79 bits per heavy atom. The third-order valence-corrected chi connectivity index (χ3v) is 5.85. The zero-order valence-corrected chi connectivity index (χ0v) is 18.0. The molecule has 1 saturated heterocycles. The molecule has 3 aromatic heterocycles. The second-order valence-corrected chi connectivity index (χ2v) is 8.10. The molecule has 1 aliphatic heterocycles. The molecule has 0 saturated carbocycles. The van der Waals surface area contributed by atoms with Gasteiger partial charge in [-0.25, -0.2) is 24.0 Å². The molecule has 4 heterocycles. The van der Waals surface area contributed by atoms with Crippen LogP contribution in [0.5, 0.6) is 0 Å². The maximum Gasteiger partial charge on any atom is 0.393 e. The Bertz CT molecular complexity index is 1380. The Labute approximate surface area is 191 Å². The van der Waals surface area contributed by atoms with E-state index >= 15 is 0 Å². The molecule has 34 heavy (non-hydrogen) atoms. The SMILES string of the molecule is Cc1ccc(NC(=O)N2CCC(C(F)(F)F)C2)cc1-n1cc(-c2cnc3c(N)ncnn23)cn1. The lowest BCUT2D eigenvalue weighted by molar-refractivity contribution is -0.169. The largest absolute Gasteiger partial charge is 0.393 e. The number of fused-ring (bicyclic) bond motifs is 1. The van der Waals surface area contributed by atoms with Gasteiger partial charge in [-0.3, -0.25) is 0 Å². The van der Waals surface area contributed by atoms with Crippen molar-refractivity contribution < 1.29 is 18.0 Å². The number of imidazole rings is 1. The van der Waals surface area contributed by atoms with Gasteiger partial charge in [-0.05, 0) is 31.0 Å². The number of aryl methyl sites for hydroxylation is 1. The van der Waals surface area contributed by atoms with E-state index in [9.17, 15) is 18.0 Å². The fourth-order valence-corrected chi connectivity index (χ4v) is 3.97. The van der Waals surface area contributed by atoms with Crippen LogP contribution in [0.3, 0.4) is 0 Å². The van der Waals surface area contributed by atoms with Gasteiger partial charge in [0.2, 0.25) is 0 Å². The van der Waals surface area contributed by atoms with Crippen LogP contribution in [0, 0.1) is 12.8 Å².